The summed E-state index contributed by atoms with van der Waals surface area (Å²) in [6.45, 7) is 0. The molecule has 47 heavy (non-hydrogen) atoms. The van der Waals surface area contributed by atoms with Crippen LogP contribution in [0.3, 0.4) is 0 Å². The third-order valence-electron chi connectivity index (χ3n) is 8.93. The Balaban J connectivity index is 1.14. The SMILES string of the molecule is Clc1ccc2oc(-c3ccc(-c4ccccc4-c4ccccc4-c4ccc5c(c4)c4ccccc4n5-c4ccccc4)cc3)nc2c1. The minimum Gasteiger partial charge on any atom is -0.436 e. The second-order valence-corrected chi connectivity index (χ2v) is 12.2. The van der Waals surface area contributed by atoms with Crippen LogP contribution < -0.4 is 0 Å². The highest BCUT2D eigenvalue weighted by atomic mass is 35.5. The standard InChI is InChI=1S/C43H27ClN2O/c44-31-23-25-42-39(27-31)45-43(47-42)29-20-18-28(19-21-29)33-12-4-6-14-35(33)36-15-7-5-13-34(36)30-22-24-41-38(26-30)37-16-8-9-17-40(37)46(41)32-10-2-1-3-11-32/h1-27H. The molecular formula is C43H27ClN2O. The molecule has 0 aliphatic heterocycles. The Morgan fingerprint density at radius 2 is 1.06 bits per heavy atom. The smallest absolute Gasteiger partial charge is 0.227 e. The van der Waals surface area contributed by atoms with Crippen molar-refractivity contribution in [2.45, 2.75) is 0 Å². The Kier molecular flexibility index (Phi) is 6.51. The van der Waals surface area contributed by atoms with Crippen LogP contribution in [0.15, 0.2) is 168 Å². The molecule has 3 nitrogen and oxygen atoms in total. The van der Waals surface area contributed by atoms with E-state index in [2.05, 4.69) is 155 Å². The van der Waals surface area contributed by atoms with Crippen LogP contribution in [0.1, 0.15) is 0 Å². The molecule has 0 radical (unpaired) electrons. The summed E-state index contributed by atoms with van der Waals surface area (Å²) in [5.74, 6) is 0.580. The molecule has 9 aromatic rings. The number of rotatable bonds is 5. The van der Waals surface area contributed by atoms with Crippen molar-refractivity contribution in [1.29, 1.82) is 0 Å². The molecule has 4 heteroatoms. The number of nitrogens with zero attached hydrogens (tertiary/aromatic N) is 2. The Morgan fingerprint density at radius 3 is 1.83 bits per heavy atom. The van der Waals surface area contributed by atoms with Crippen LogP contribution in [-0.2, 0) is 0 Å². The Bertz CT molecular complexity index is 2580. The largest absolute Gasteiger partial charge is 0.436 e. The fourth-order valence-corrected chi connectivity index (χ4v) is 6.92. The second kappa shape index (κ2) is 11.2. The van der Waals surface area contributed by atoms with Gasteiger partial charge in [-0.2, -0.15) is 0 Å². The molecule has 2 heterocycles. The molecular weight excluding hydrogens is 596 g/mol. The van der Waals surface area contributed by atoms with E-state index >= 15 is 0 Å². The quantitative estimate of drug-likeness (QED) is 0.191. The summed E-state index contributed by atoms with van der Waals surface area (Å²) in [5.41, 5.74) is 13.0. The molecule has 0 N–H and O–H groups in total. The first kappa shape index (κ1) is 27.4. The molecule has 0 saturated heterocycles. The summed E-state index contributed by atoms with van der Waals surface area (Å²) in [4.78, 5) is 4.66. The Hall–Kier alpha value is -5.90. The summed E-state index contributed by atoms with van der Waals surface area (Å²) in [6, 6.07) is 57.4. The fourth-order valence-electron chi connectivity index (χ4n) is 6.75. The third kappa shape index (κ3) is 4.72. The van der Waals surface area contributed by atoms with E-state index < -0.39 is 0 Å². The summed E-state index contributed by atoms with van der Waals surface area (Å²) in [5, 5.41) is 3.12. The Labute approximate surface area is 276 Å². The minimum atomic E-state index is 0.580. The number of fused-ring (bicyclic) bond motifs is 4. The molecule has 222 valence electrons. The van der Waals surface area contributed by atoms with Crippen LogP contribution in [0.2, 0.25) is 5.02 Å². The average Bonchev–Trinajstić information content (AvgIpc) is 3.71. The van der Waals surface area contributed by atoms with Gasteiger partial charge in [0.15, 0.2) is 5.58 Å². The highest BCUT2D eigenvalue weighted by molar-refractivity contribution is 6.31. The number of benzene rings is 7. The van der Waals surface area contributed by atoms with E-state index in [1.807, 2.05) is 18.2 Å². The van der Waals surface area contributed by atoms with Gasteiger partial charge in [-0.15, -0.1) is 0 Å². The molecule has 0 saturated carbocycles. The maximum absolute atomic E-state index is 6.17. The van der Waals surface area contributed by atoms with Gasteiger partial charge >= 0.3 is 0 Å². The fraction of sp³-hybridized carbons (Fsp3) is 0. The van der Waals surface area contributed by atoms with Gasteiger partial charge in [-0.05, 0) is 94.0 Å². The molecule has 0 fully saturated rings. The van der Waals surface area contributed by atoms with Crippen molar-refractivity contribution in [1.82, 2.24) is 9.55 Å². The monoisotopic (exact) mass is 622 g/mol. The molecule has 9 rings (SSSR count). The van der Waals surface area contributed by atoms with Gasteiger partial charge < -0.3 is 8.98 Å². The molecule has 0 aliphatic carbocycles. The van der Waals surface area contributed by atoms with E-state index in [0.717, 1.165) is 33.5 Å². The summed E-state index contributed by atoms with van der Waals surface area (Å²) < 4.78 is 8.38. The number of aromatic nitrogens is 2. The minimum absolute atomic E-state index is 0.580. The first-order chi connectivity index (χ1) is 23.2. The van der Waals surface area contributed by atoms with E-state index in [-0.39, 0.29) is 0 Å². The molecule has 0 bridgehead atoms. The van der Waals surface area contributed by atoms with E-state index in [4.69, 9.17) is 16.0 Å². The topological polar surface area (TPSA) is 31.0 Å². The van der Waals surface area contributed by atoms with Crippen molar-refractivity contribution >= 4 is 44.5 Å². The highest BCUT2D eigenvalue weighted by Crippen LogP contribution is 2.41. The maximum Gasteiger partial charge on any atom is 0.227 e. The van der Waals surface area contributed by atoms with Crippen LogP contribution in [0.4, 0.5) is 0 Å². The van der Waals surface area contributed by atoms with Gasteiger partial charge in [0.05, 0.1) is 11.0 Å². The normalized spacial score (nSPS) is 11.5. The molecule has 0 spiro atoms. The van der Waals surface area contributed by atoms with Crippen molar-refractivity contribution < 1.29 is 4.42 Å². The van der Waals surface area contributed by atoms with E-state index in [1.54, 1.807) is 0 Å². The van der Waals surface area contributed by atoms with Crippen molar-refractivity contribution in [2.24, 2.45) is 0 Å². The van der Waals surface area contributed by atoms with Gasteiger partial charge in [-0.3, -0.25) is 0 Å². The second-order valence-electron chi connectivity index (χ2n) is 11.7. The average molecular weight is 623 g/mol. The van der Waals surface area contributed by atoms with Crippen molar-refractivity contribution in [3.63, 3.8) is 0 Å². The summed E-state index contributed by atoms with van der Waals surface area (Å²) in [6.07, 6.45) is 0. The number of halogens is 1. The summed E-state index contributed by atoms with van der Waals surface area (Å²) in [7, 11) is 0. The zero-order valence-corrected chi connectivity index (χ0v) is 26.0. The number of oxazole rings is 1. The van der Waals surface area contributed by atoms with E-state index in [9.17, 15) is 0 Å². The maximum atomic E-state index is 6.17. The van der Waals surface area contributed by atoms with Gasteiger partial charge in [0.1, 0.15) is 5.52 Å². The molecule has 0 unspecified atom stereocenters. The predicted molar refractivity (Wildman–Crippen MR) is 195 cm³/mol. The van der Waals surface area contributed by atoms with E-state index in [1.165, 1.54) is 44.1 Å². The van der Waals surface area contributed by atoms with Crippen LogP contribution in [0, 0.1) is 0 Å². The zero-order chi connectivity index (χ0) is 31.3. The number of hydrogen-bond donors (Lipinski definition) is 0. The zero-order valence-electron chi connectivity index (χ0n) is 25.3. The van der Waals surface area contributed by atoms with Crippen LogP contribution in [0.25, 0.3) is 83.4 Å². The van der Waals surface area contributed by atoms with Gasteiger partial charge in [0.2, 0.25) is 5.89 Å². The van der Waals surface area contributed by atoms with Crippen LogP contribution in [0.5, 0.6) is 0 Å². The molecule has 0 atom stereocenters. The van der Waals surface area contributed by atoms with Crippen molar-refractivity contribution in [2.75, 3.05) is 0 Å². The molecule has 0 amide bonds. The Morgan fingerprint density at radius 1 is 0.468 bits per heavy atom. The lowest BCUT2D eigenvalue weighted by Crippen LogP contribution is -1.93. The van der Waals surface area contributed by atoms with Crippen LogP contribution >= 0.6 is 11.6 Å². The van der Waals surface area contributed by atoms with Crippen molar-refractivity contribution in [3.05, 3.63) is 169 Å². The third-order valence-corrected chi connectivity index (χ3v) is 9.17. The molecule has 0 aliphatic rings. The lowest BCUT2D eigenvalue weighted by molar-refractivity contribution is 0.620. The van der Waals surface area contributed by atoms with E-state index in [0.29, 0.717) is 10.9 Å². The number of para-hydroxylation sites is 2. The lowest BCUT2D eigenvalue weighted by Gasteiger charge is -2.15. The molecule has 2 aromatic heterocycles. The van der Waals surface area contributed by atoms with Gasteiger partial charge in [-0.25, -0.2) is 4.98 Å². The van der Waals surface area contributed by atoms with Gasteiger partial charge in [-0.1, -0.05) is 115 Å². The van der Waals surface area contributed by atoms with Crippen LogP contribution in [-0.4, -0.2) is 9.55 Å². The molecule has 7 aromatic carbocycles. The van der Waals surface area contributed by atoms with Gasteiger partial charge in [0, 0.05) is 27.0 Å². The summed E-state index contributed by atoms with van der Waals surface area (Å²) >= 11 is 6.17. The first-order valence-electron chi connectivity index (χ1n) is 15.7. The van der Waals surface area contributed by atoms with Gasteiger partial charge in [0.25, 0.3) is 0 Å². The number of hydrogen-bond acceptors (Lipinski definition) is 2. The first-order valence-corrected chi connectivity index (χ1v) is 16.0. The lowest BCUT2D eigenvalue weighted by atomic mass is 9.89. The predicted octanol–water partition coefficient (Wildman–Crippen LogP) is 12.2. The van der Waals surface area contributed by atoms with Crippen molar-refractivity contribution in [3.8, 4) is 50.5 Å². The highest BCUT2D eigenvalue weighted by Gasteiger charge is 2.17.